The van der Waals surface area contributed by atoms with Crippen LogP contribution in [-0.2, 0) is 4.79 Å². The van der Waals surface area contributed by atoms with E-state index in [-0.39, 0.29) is 18.6 Å². The van der Waals surface area contributed by atoms with E-state index in [2.05, 4.69) is 5.32 Å². The summed E-state index contributed by atoms with van der Waals surface area (Å²) in [4.78, 5) is 12.0. The zero-order valence-electron chi connectivity index (χ0n) is 12.7. The van der Waals surface area contributed by atoms with Crippen molar-refractivity contribution in [3.8, 4) is 5.75 Å². The normalized spacial score (nSPS) is 11.7. The van der Waals surface area contributed by atoms with Gasteiger partial charge < -0.3 is 15.2 Å². The maximum absolute atomic E-state index is 12.0. The van der Waals surface area contributed by atoms with E-state index >= 15 is 0 Å². The van der Waals surface area contributed by atoms with Crippen LogP contribution in [0.4, 0.5) is 0 Å². The third-order valence-corrected chi connectivity index (χ3v) is 3.67. The number of halogens is 1. The first-order valence-corrected chi connectivity index (χ1v) is 7.91. The second-order valence-corrected chi connectivity index (χ2v) is 5.50. The molecule has 1 atom stereocenters. The Morgan fingerprint density at radius 2 is 1.83 bits per heavy atom. The number of carbonyl (C=O) groups excluding carboxylic acids is 1. The molecule has 2 aromatic carbocycles. The van der Waals surface area contributed by atoms with Crippen LogP contribution in [0.25, 0.3) is 0 Å². The number of carbonyl (C=O) groups is 1. The molecule has 0 saturated carbocycles. The molecule has 0 radical (unpaired) electrons. The van der Waals surface area contributed by atoms with Crippen molar-refractivity contribution in [1.82, 2.24) is 5.32 Å². The van der Waals surface area contributed by atoms with E-state index in [0.29, 0.717) is 30.2 Å². The van der Waals surface area contributed by atoms with E-state index in [9.17, 15) is 9.90 Å². The lowest BCUT2D eigenvalue weighted by atomic mass is 10.1. The smallest absolute Gasteiger partial charge is 0.220 e. The van der Waals surface area contributed by atoms with E-state index < -0.39 is 0 Å². The second-order valence-electron chi connectivity index (χ2n) is 5.10. The molecule has 0 aliphatic rings. The number of ether oxygens (including phenoxy) is 1. The van der Waals surface area contributed by atoms with Gasteiger partial charge >= 0.3 is 0 Å². The minimum atomic E-state index is -0.381. The summed E-state index contributed by atoms with van der Waals surface area (Å²) in [6, 6.07) is 16.3. The minimum absolute atomic E-state index is 0.115. The molecule has 4 nitrogen and oxygen atoms in total. The first-order valence-electron chi connectivity index (χ1n) is 7.53. The van der Waals surface area contributed by atoms with Gasteiger partial charge in [0.2, 0.25) is 5.91 Å². The van der Waals surface area contributed by atoms with Crippen LogP contribution in [0.15, 0.2) is 54.6 Å². The highest BCUT2D eigenvalue weighted by Crippen LogP contribution is 2.23. The Kier molecular flexibility index (Phi) is 6.91. The average molecular weight is 334 g/mol. The van der Waals surface area contributed by atoms with Crippen molar-refractivity contribution < 1.29 is 14.6 Å². The van der Waals surface area contributed by atoms with Gasteiger partial charge in [0.1, 0.15) is 5.75 Å². The molecule has 0 spiro atoms. The van der Waals surface area contributed by atoms with Crippen molar-refractivity contribution in [2.24, 2.45) is 0 Å². The molecule has 2 aromatic rings. The SMILES string of the molecule is O=C(CCCOc1ccccc1Cl)NC(CO)c1ccccc1. The maximum Gasteiger partial charge on any atom is 0.220 e. The molecule has 0 fully saturated rings. The van der Waals surface area contributed by atoms with Crippen LogP contribution >= 0.6 is 11.6 Å². The van der Waals surface area contributed by atoms with Crippen LogP contribution in [-0.4, -0.2) is 24.2 Å². The highest BCUT2D eigenvalue weighted by atomic mass is 35.5. The molecule has 2 rings (SSSR count). The minimum Gasteiger partial charge on any atom is -0.492 e. The van der Waals surface area contributed by atoms with Gasteiger partial charge in [0.05, 0.1) is 24.3 Å². The number of aliphatic hydroxyl groups excluding tert-OH is 1. The third kappa shape index (κ3) is 5.58. The lowest BCUT2D eigenvalue weighted by Gasteiger charge is -2.16. The fraction of sp³-hybridized carbons (Fsp3) is 0.278. The first kappa shape index (κ1) is 17.3. The largest absolute Gasteiger partial charge is 0.492 e. The van der Waals surface area contributed by atoms with Gasteiger partial charge in [-0.2, -0.15) is 0 Å². The van der Waals surface area contributed by atoms with Gasteiger partial charge in [-0.05, 0) is 24.1 Å². The summed E-state index contributed by atoms with van der Waals surface area (Å²) in [7, 11) is 0. The van der Waals surface area contributed by atoms with E-state index in [1.54, 1.807) is 12.1 Å². The molecule has 0 heterocycles. The van der Waals surface area contributed by atoms with Crippen LogP contribution in [0.3, 0.4) is 0 Å². The van der Waals surface area contributed by atoms with Crippen molar-refractivity contribution in [2.45, 2.75) is 18.9 Å². The summed E-state index contributed by atoms with van der Waals surface area (Å²) >= 11 is 5.99. The second kappa shape index (κ2) is 9.18. The van der Waals surface area contributed by atoms with Crippen molar-refractivity contribution in [3.63, 3.8) is 0 Å². The lowest BCUT2D eigenvalue weighted by molar-refractivity contribution is -0.122. The topological polar surface area (TPSA) is 58.6 Å². The van der Waals surface area contributed by atoms with Gasteiger partial charge in [0, 0.05) is 6.42 Å². The third-order valence-electron chi connectivity index (χ3n) is 3.36. The number of amides is 1. The fourth-order valence-corrected chi connectivity index (χ4v) is 2.35. The number of aliphatic hydroxyl groups is 1. The molecular formula is C18H20ClNO3. The molecule has 1 amide bonds. The molecule has 5 heteroatoms. The van der Waals surface area contributed by atoms with Gasteiger partial charge in [0.15, 0.2) is 0 Å². The van der Waals surface area contributed by atoms with Crippen LogP contribution < -0.4 is 10.1 Å². The van der Waals surface area contributed by atoms with Gasteiger partial charge in [-0.1, -0.05) is 54.1 Å². The molecule has 23 heavy (non-hydrogen) atoms. The van der Waals surface area contributed by atoms with Crippen LogP contribution in [0, 0.1) is 0 Å². The highest BCUT2D eigenvalue weighted by Gasteiger charge is 2.13. The molecule has 1 unspecified atom stereocenters. The van der Waals surface area contributed by atoms with Crippen molar-refractivity contribution in [1.29, 1.82) is 0 Å². The summed E-state index contributed by atoms with van der Waals surface area (Å²) in [5, 5.41) is 12.8. The average Bonchev–Trinajstić information content (AvgIpc) is 2.59. The number of benzene rings is 2. The summed E-state index contributed by atoms with van der Waals surface area (Å²) in [6.45, 7) is 0.276. The van der Waals surface area contributed by atoms with Gasteiger partial charge in [-0.3, -0.25) is 4.79 Å². The van der Waals surface area contributed by atoms with Crippen LogP contribution in [0.1, 0.15) is 24.4 Å². The molecule has 2 N–H and O–H groups in total. The maximum atomic E-state index is 12.0. The Bertz CT molecular complexity index is 619. The van der Waals surface area contributed by atoms with E-state index in [1.807, 2.05) is 42.5 Å². The predicted octanol–water partition coefficient (Wildman–Crippen LogP) is 3.35. The molecule has 0 aliphatic heterocycles. The molecule has 122 valence electrons. The summed E-state index contributed by atoms with van der Waals surface area (Å²) in [5.41, 5.74) is 0.885. The van der Waals surface area contributed by atoms with Gasteiger partial charge in [-0.15, -0.1) is 0 Å². The fourth-order valence-electron chi connectivity index (χ4n) is 2.16. The first-order chi connectivity index (χ1) is 11.2. The Balaban J connectivity index is 1.73. The number of rotatable bonds is 8. The van der Waals surface area contributed by atoms with Crippen LogP contribution in [0.2, 0.25) is 5.02 Å². The molecule has 0 bridgehead atoms. The van der Waals surface area contributed by atoms with E-state index in [4.69, 9.17) is 16.3 Å². The Morgan fingerprint density at radius 1 is 1.13 bits per heavy atom. The highest BCUT2D eigenvalue weighted by molar-refractivity contribution is 6.32. The number of hydrogen-bond donors (Lipinski definition) is 2. The monoisotopic (exact) mass is 333 g/mol. The molecule has 0 aliphatic carbocycles. The van der Waals surface area contributed by atoms with Gasteiger partial charge in [0.25, 0.3) is 0 Å². The number of para-hydroxylation sites is 1. The zero-order chi connectivity index (χ0) is 16.5. The lowest BCUT2D eigenvalue weighted by Crippen LogP contribution is -2.30. The predicted molar refractivity (Wildman–Crippen MR) is 90.6 cm³/mol. The summed E-state index contributed by atoms with van der Waals surface area (Å²) in [5.74, 6) is 0.503. The summed E-state index contributed by atoms with van der Waals surface area (Å²) in [6.07, 6.45) is 0.901. The van der Waals surface area contributed by atoms with Crippen molar-refractivity contribution in [3.05, 3.63) is 65.2 Å². The number of nitrogens with one attached hydrogen (secondary N) is 1. The zero-order valence-corrected chi connectivity index (χ0v) is 13.5. The van der Waals surface area contributed by atoms with Crippen molar-refractivity contribution >= 4 is 17.5 Å². The van der Waals surface area contributed by atoms with E-state index in [1.165, 1.54) is 0 Å². The van der Waals surface area contributed by atoms with E-state index in [0.717, 1.165) is 5.56 Å². The van der Waals surface area contributed by atoms with Gasteiger partial charge in [-0.25, -0.2) is 0 Å². The van der Waals surface area contributed by atoms with Crippen LogP contribution in [0.5, 0.6) is 5.75 Å². The summed E-state index contributed by atoms with van der Waals surface area (Å²) < 4.78 is 5.54. The Labute approximate surface area is 141 Å². The standard InChI is InChI=1S/C18H20ClNO3/c19-15-9-4-5-10-17(15)23-12-6-11-18(22)20-16(13-21)14-7-2-1-3-8-14/h1-5,7-10,16,21H,6,11-13H2,(H,20,22). The molecule has 0 aromatic heterocycles. The van der Waals surface area contributed by atoms with Crippen molar-refractivity contribution in [2.75, 3.05) is 13.2 Å². The molecular weight excluding hydrogens is 314 g/mol. The Hall–Kier alpha value is -2.04. The molecule has 0 saturated heterocycles. The quantitative estimate of drug-likeness (QED) is 0.728. The Morgan fingerprint density at radius 3 is 2.52 bits per heavy atom. The number of hydrogen-bond acceptors (Lipinski definition) is 3.